The first-order chi connectivity index (χ1) is 8.95. The van der Waals surface area contributed by atoms with Crippen molar-refractivity contribution in [1.29, 1.82) is 0 Å². The van der Waals surface area contributed by atoms with E-state index in [1.54, 1.807) is 4.68 Å². The molecule has 19 heavy (non-hydrogen) atoms. The van der Waals surface area contributed by atoms with E-state index in [0.29, 0.717) is 23.7 Å². The van der Waals surface area contributed by atoms with Crippen molar-refractivity contribution in [2.45, 2.75) is 32.4 Å². The SMILES string of the molecule is COC(=O)c1c(N2CCC(N)C2)nn(C(C)C)c1N. The van der Waals surface area contributed by atoms with Crippen LogP contribution in [0.1, 0.15) is 36.7 Å². The second kappa shape index (κ2) is 5.08. The monoisotopic (exact) mass is 267 g/mol. The van der Waals surface area contributed by atoms with Crippen LogP contribution in [-0.2, 0) is 4.74 Å². The molecule has 4 N–H and O–H groups in total. The number of methoxy groups -OCH3 is 1. The van der Waals surface area contributed by atoms with Gasteiger partial charge in [0.05, 0.1) is 7.11 Å². The molecule has 0 aromatic carbocycles. The van der Waals surface area contributed by atoms with Crippen LogP contribution in [0.25, 0.3) is 0 Å². The average Bonchev–Trinajstić information content (AvgIpc) is 2.92. The quantitative estimate of drug-likeness (QED) is 0.768. The molecule has 2 rings (SSSR count). The van der Waals surface area contributed by atoms with E-state index in [2.05, 4.69) is 5.10 Å². The number of rotatable bonds is 3. The summed E-state index contributed by atoms with van der Waals surface area (Å²) in [6.07, 6.45) is 0.884. The van der Waals surface area contributed by atoms with Gasteiger partial charge in [0, 0.05) is 25.2 Å². The highest BCUT2D eigenvalue weighted by Crippen LogP contribution is 2.30. The highest BCUT2D eigenvalue weighted by molar-refractivity contribution is 5.99. The van der Waals surface area contributed by atoms with E-state index < -0.39 is 5.97 Å². The lowest BCUT2D eigenvalue weighted by atomic mass is 10.2. The van der Waals surface area contributed by atoms with Crippen LogP contribution in [0, 0.1) is 0 Å². The Kier molecular flexibility index (Phi) is 3.66. The highest BCUT2D eigenvalue weighted by Gasteiger charge is 2.30. The van der Waals surface area contributed by atoms with Crippen LogP contribution in [0.5, 0.6) is 0 Å². The lowest BCUT2D eigenvalue weighted by molar-refractivity contribution is 0.0602. The first-order valence-electron chi connectivity index (χ1n) is 6.42. The van der Waals surface area contributed by atoms with Gasteiger partial charge in [0.15, 0.2) is 5.82 Å². The van der Waals surface area contributed by atoms with Gasteiger partial charge in [-0.3, -0.25) is 0 Å². The number of nitrogens with zero attached hydrogens (tertiary/aromatic N) is 3. The minimum absolute atomic E-state index is 0.0773. The smallest absolute Gasteiger partial charge is 0.345 e. The summed E-state index contributed by atoms with van der Waals surface area (Å²) in [5.41, 5.74) is 12.3. The minimum Gasteiger partial charge on any atom is -0.465 e. The highest BCUT2D eigenvalue weighted by atomic mass is 16.5. The van der Waals surface area contributed by atoms with Crippen LogP contribution in [0.4, 0.5) is 11.6 Å². The van der Waals surface area contributed by atoms with E-state index in [4.69, 9.17) is 16.2 Å². The molecule has 0 saturated carbocycles. The lowest BCUT2D eigenvalue weighted by Crippen LogP contribution is -2.27. The second-order valence-electron chi connectivity index (χ2n) is 5.11. The Bertz CT molecular complexity index is 483. The Morgan fingerprint density at radius 3 is 2.68 bits per heavy atom. The molecule has 0 amide bonds. The number of carbonyl (C=O) groups excluding carboxylic acids is 1. The van der Waals surface area contributed by atoms with Gasteiger partial charge in [-0.15, -0.1) is 0 Å². The van der Waals surface area contributed by atoms with Gasteiger partial charge in [0.25, 0.3) is 0 Å². The molecular weight excluding hydrogens is 246 g/mol. The number of nitrogens with two attached hydrogens (primary N) is 2. The van der Waals surface area contributed by atoms with Crippen LogP contribution in [-0.4, -0.2) is 42.0 Å². The van der Waals surface area contributed by atoms with Crippen molar-refractivity contribution < 1.29 is 9.53 Å². The predicted octanol–water partition coefficient (Wildman–Crippen LogP) is 0.370. The molecule has 0 radical (unpaired) electrons. The van der Waals surface area contributed by atoms with Gasteiger partial charge in [-0.2, -0.15) is 5.10 Å². The summed E-state index contributed by atoms with van der Waals surface area (Å²) in [7, 11) is 1.34. The number of hydrogen-bond donors (Lipinski definition) is 2. The van der Waals surface area contributed by atoms with E-state index in [1.807, 2.05) is 18.7 Å². The molecule has 1 unspecified atom stereocenters. The summed E-state index contributed by atoms with van der Waals surface area (Å²) in [6, 6.07) is 0.185. The zero-order valence-corrected chi connectivity index (χ0v) is 11.6. The number of nitrogen functional groups attached to an aromatic ring is 1. The normalized spacial score (nSPS) is 19.2. The number of carbonyl (C=O) groups is 1. The summed E-state index contributed by atoms with van der Waals surface area (Å²) in [5.74, 6) is 0.461. The maximum atomic E-state index is 11.9. The summed E-state index contributed by atoms with van der Waals surface area (Å²) >= 11 is 0. The number of aromatic nitrogens is 2. The van der Waals surface area contributed by atoms with Gasteiger partial charge in [0.1, 0.15) is 11.4 Å². The molecule has 0 aliphatic carbocycles. The van der Waals surface area contributed by atoms with Crippen molar-refractivity contribution in [3.05, 3.63) is 5.56 Å². The summed E-state index contributed by atoms with van der Waals surface area (Å²) in [4.78, 5) is 13.9. The van der Waals surface area contributed by atoms with Crippen molar-refractivity contribution in [1.82, 2.24) is 9.78 Å². The van der Waals surface area contributed by atoms with Crippen molar-refractivity contribution >= 4 is 17.6 Å². The lowest BCUT2D eigenvalue weighted by Gasteiger charge is -2.15. The van der Waals surface area contributed by atoms with E-state index >= 15 is 0 Å². The average molecular weight is 267 g/mol. The molecule has 1 aliphatic rings. The topological polar surface area (TPSA) is 99.4 Å². The van der Waals surface area contributed by atoms with Gasteiger partial charge < -0.3 is 21.1 Å². The zero-order valence-electron chi connectivity index (χ0n) is 11.6. The molecular formula is C12H21N5O2. The van der Waals surface area contributed by atoms with Crippen molar-refractivity contribution in [2.75, 3.05) is 30.8 Å². The first kappa shape index (κ1) is 13.7. The van der Waals surface area contributed by atoms with E-state index in [0.717, 1.165) is 13.0 Å². The van der Waals surface area contributed by atoms with Crippen molar-refractivity contribution in [3.63, 3.8) is 0 Å². The standard InChI is InChI=1S/C12H21N5O2/c1-7(2)17-10(14)9(12(18)19-3)11(15-17)16-5-4-8(13)6-16/h7-8H,4-6,13-14H2,1-3H3. The molecule has 1 saturated heterocycles. The van der Waals surface area contributed by atoms with Crippen LogP contribution in [0.15, 0.2) is 0 Å². The molecule has 1 aliphatic heterocycles. The molecule has 1 fully saturated rings. The third kappa shape index (κ3) is 2.37. The Balaban J connectivity index is 2.46. The van der Waals surface area contributed by atoms with Gasteiger partial charge in [-0.1, -0.05) is 0 Å². The molecule has 1 aromatic rings. The Morgan fingerprint density at radius 1 is 1.53 bits per heavy atom. The van der Waals surface area contributed by atoms with Gasteiger partial charge in [-0.25, -0.2) is 9.48 Å². The largest absolute Gasteiger partial charge is 0.465 e. The Hall–Kier alpha value is -1.76. The van der Waals surface area contributed by atoms with Gasteiger partial charge in [-0.05, 0) is 20.3 Å². The number of anilines is 2. The summed E-state index contributed by atoms with van der Waals surface area (Å²) in [5, 5.41) is 4.46. The number of hydrogen-bond acceptors (Lipinski definition) is 6. The molecule has 1 aromatic heterocycles. The second-order valence-corrected chi connectivity index (χ2v) is 5.11. The first-order valence-corrected chi connectivity index (χ1v) is 6.42. The maximum absolute atomic E-state index is 11.9. The van der Waals surface area contributed by atoms with Crippen LogP contribution in [0.2, 0.25) is 0 Å². The fraction of sp³-hybridized carbons (Fsp3) is 0.667. The van der Waals surface area contributed by atoms with E-state index in [9.17, 15) is 4.79 Å². The molecule has 7 heteroatoms. The predicted molar refractivity (Wildman–Crippen MR) is 73.2 cm³/mol. The van der Waals surface area contributed by atoms with Crippen molar-refractivity contribution in [3.8, 4) is 0 Å². The number of ether oxygens (including phenoxy) is 1. The molecule has 7 nitrogen and oxygen atoms in total. The Labute approximate surface area is 112 Å². The van der Waals surface area contributed by atoms with Crippen LogP contribution in [0.3, 0.4) is 0 Å². The third-order valence-electron chi connectivity index (χ3n) is 3.33. The molecule has 106 valence electrons. The number of esters is 1. The van der Waals surface area contributed by atoms with E-state index in [1.165, 1.54) is 7.11 Å². The molecule has 0 spiro atoms. The van der Waals surface area contributed by atoms with E-state index in [-0.39, 0.29) is 12.1 Å². The molecule has 0 bridgehead atoms. The van der Waals surface area contributed by atoms with Crippen LogP contribution < -0.4 is 16.4 Å². The Morgan fingerprint density at radius 2 is 2.21 bits per heavy atom. The summed E-state index contributed by atoms with van der Waals surface area (Å²) < 4.78 is 6.45. The van der Waals surface area contributed by atoms with Crippen LogP contribution >= 0.6 is 0 Å². The minimum atomic E-state index is -0.458. The van der Waals surface area contributed by atoms with Gasteiger partial charge in [0.2, 0.25) is 0 Å². The third-order valence-corrected chi connectivity index (χ3v) is 3.33. The summed E-state index contributed by atoms with van der Waals surface area (Å²) in [6.45, 7) is 5.38. The maximum Gasteiger partial charge on any atom is 0.345 e. The van der Waals surface area contributed by atoms with Gasteiger partial charge >= 0.3 is 5.97 Å². The molecule has 2 heterocycles. The fourth-order valence-electron chi connectivity index (χ4n) is 2.33. The van der Waals surface area contributed by atoms with Crippen molar-refractivity contribution in [2.24, 2.45) is 5.73 Å². The molecule has 1 atom stereocenters. The zero-order chi connectivity index (χ0) is 14.2. The fourth-order valence-corrected chi connectivity index (χ4v) is 2.33.